The average molecular weight is 339 g/mol. The number of hydrogen-bond donors (Lipinski definition) is 0. The first-order chi connectivity index (χ1) is 6.85. The van der Waals surface area contributed by atoms with Crippen LogP contribution in [0, 0.1) is 20.7 Å². The molecule has 0 atom stereocenters. The third-order valence-corrected chi connectivity index (χ3v) is 3.38. The van der Waals surface area contributed by atoms with Crippen molar-refractivity contribution >= 4 is 32.4 Å². The van der Waals surface area contributed by atoms with Crippen molar-refractivity contribution in [2.75, 3.05) is 6.26 Å². The fourth-order valence-electron chi connectivity index (χ4n) is 1.11. The van der Waals surface area contributed by atoms with Gasteiger partial charge in [0.05, 0.1) is 14.9 Å². The van der Waals surface area contributed by atoms with E-state index < -0.39 is 15.7 Å². The Balaban J connectivity index is 3.34. The SMILES string of the molecule is CS(=O)(=O)Cc1ccc(I)c(F)c1C#N. The van der Waals surface area contributed by atoms with Gasteiger partial charge in [0, 0.05) is 6.26 Å². The van der Waals surface area contributed by atoms with E-state index in [4.69, 9.17) is 5.26 Å². The van der Waals surface area contributed by atoms with Crippen LogP contribution in [0.15, 0.2) is 12.1 Å². The summed E-state index contributed by atoms with van der Waals surface area (Å²) in [5.41, 5.74) is 0.0187. The molecule has 0 fully saturated rings. The van der Waals surface area contributed by atoms with Crippen LogP contribution in [0.25, 0.3) is 0 Å². The molecule has 0 heterocycles. The number of nitriles is 1. The lowest BCUT2D eigenvalue weighted by Gasteiger charge is -2.04. The van der Waals surface area contributed by atoms with Crippen molar-refractivity contribution in [3.05, 3.63) is 32.6 Å². The van der Waals surface area contributed by atoms with E-state index in [1.165, 1.54) is 12.1 Å². The maximum absolute atomic E-state index is 13.4. The molecule has 1 rings (SSSR count). The van der Waals surface area contributed by atoms with Crippen LogP contribution >= 0.6 is 22.6 Å². The smallest absolute Gasteiger partial charge is 0.154 e. The molecule has 0 amide bonds. The Morgan fingerprint density at radius 1 is 1.53 bits per heavy atom. The van der Waals surface area contributed by atoms with Gasteiger partial charge in [-0.1, -0.05) is 6.07 Å². The summed E-state index contributed by atoms with van der Waals surface area (Å²) in [5.74, 6) is -0.969. The molecule has 0 N–H and O–H groups in total. The molecule has 0 saturated carbocycles. The zero-order chi connectivity index (χ0) is 11.6. The zero-order valence-electron chi connectivity index (χ0n) is 7.79. The van der Waals surface area contributed by atoms with Gasteiger partial charge in [-0.25, -0.2) is 12.8 Å². The molecule has 15 heavy (non-hydrogen) atoms. The summed E-state index contributed by atoms with van der Waals surface area (Å²) in [6, 6.07) is 4.60. The topological polar surface area (TPSA) is 57.9 Å². The number of nitrogens with zero attached hydrogens (tertiary/aromatic N) is 1. The summed E-state index contributed by atoms with van der Waals surface area (Å²) >= 11 is 1.75. The van der Waals surface area contributed by atoms with E-state index in [2.05, 4.69) is 0 Å². The van der Waals surface area contributed by atoms with Crippen LogP contribution < -0.4 is 0 Å². The first-order valence-corrected chi connectivity index (χ1v) is 7.04. The molecule has 1 aromatic rings. The molecule has 0 unspecified atom stereocenters. The van der Waals surface area contributed by atoms with E-state index in [0.29, 0.717) is 3.57 Å². The predicted octanol–water partition coefficient (Wildman–Crippen LogP) is 1.85. The third kappa shape index (κ3) is 3.14. The fourth-order valence-corrected chi connectivity index (χ4v) is 2.37. The molecule has 0 saturated heterocycles. The molecule has 0 aliphatic rings. The van der Waals surface area contributed by atoms with Crippen molar-refractivity contribution in [3.8, 4) is 6.07 Å². The normalized spacial score (nSPS) is 11.1. The Morgan fingerprint density at radius 2 is 2.13 bits per heavy atom. The van der Waals surface area contributed by atoms with E-state index in [9.17, 15) is 12.8 Å². The molecule has 1 aromatic carbocycles. The van der Waals surface area contributed by atoms with Gasteiger partial charge in [-0.15, -0.1) is 0 Å². The van der Waals surface area contributed by atoms with Gasteiger partial charge < -0.3 is 0 Å². The lowest BCUT2D eigenvalue weighted by molar-refractivity contribution is 0.599. The van der Waals surface area contributed by atoms with E-state index in [-0.39, 0.29) is 16.9 Å². The summed E-state index contributed by atoms with van der Waals surface area (Å²) in [6.45, 7) is 0. The summed E-state index contributed by atoms with van der Waals surface area (Å²) < 4.78 is 35.8. The Labute approximate surface area is 101 Å². The molecule has 0 bridgehead atoms. The van der Waals surface area contributed by atoms with Crippen molar-refractivity contribution in [1.82, 2.24) is 0 Å². The average Bonchev–Trinajstić information content (AvgIpc) is 2.10. The fraction of sp³-hybridized carbons (Fsp3) is 0.222. The Bertz CT molecular complexity index is 534. The van der Waals surface area contributed by atoms with Crippen molar-refractivity contribution in [1.29, 1.82) is 5.26 Å². The van der Waals surface area contributed by atoms with Crippen molar-refractivity contribution in [3.63, 3.8) is 0 Å². The Hall–Kier alpha value is -0.680. The van der Waals surface area contributed by atoms with Gasteiger partial charge in [0.25, 0.3) is 0 Å². The van der Waals surface area contributed by atoms with Gasteiger partial charge >= 0.3 is 0 Å². The molecule has 0 aliphatic carbocycles. The highest BCUT2D eigenvalue weighted by Crippen LogP contribution is 2.20. The molecular weight excluding hydrogens is 332 g/mol. The number of rotatable bonds is 2. The summed E-state index contributed by atoms with van der Waals surface area (Å²) in [4.78, 5) is 0. The van der Waals surface area contributed by atoms with E-state index in [0.717, 1.165) is 6.26 Å². The summed E-state index contributed by atoms with van der Waals surface area (Å²) in [7, 11) is -3.26. The molecule has 80 valence electrons. The van der Waals surface area contributed by atoms with E-state index in [1.807, 2.05) is 0 Å². The minimum absolute atomic E-state index is 0.188. The monoisotopic (exact) mass is 339 g/mol. The molecule has 0 aliphatic heterocycles. The van der Waals surface area contributed by atoms with Gasteiger partial charge in [-0.05, 0) is 34.2 Å². The largest absolute Gasteiger partial charge is 0.229 e. The second-order valence-corrected chi connectivity index (χ2v) is 6.38. The quantitative estimate of drug-likeness (QED) is 0.773. The number of halogens is 2. The lowest BCUT2D eigenvalue weighted by atomic mass is 10.1. The van der Waals surface area contributed by atoms with Crippen molar-refractivity contribution in [2.24, 2.45) is 0 Å². The number of sulfone groups is 1. The molecular formula is C9H7FINO2S. The van der Waals surface area contributed by atoms with Crippen molar-refractivity contribution in [2.45, 2.75) is 5.75 Å². The van der Waals surface area contributed by atoms with E-state index in [1.54, 1.807) is 28.7 Å². The molecule has 6 heteroatoms. The van der Waals surface area contributed by atoms with Gasteiger partial charge in [-0.3, -0.25) is 0 Å². The van der Waals surface area contributed by atoms with Crippen LogP contribution in [-0.2, 0) is 15.6 Å². The molecule has 0 radical (unpaired) electrons. The van der Waals surface area contributed by atoms with Crippen molar-refractivity contribution < 1.29 is 12.8 Å². The van der Waals surface area contributed by atoms with Gasteiger partial charge in [0.15, 0.2) is 15.7 Å². The maximum atomic E-state index is 13.4. The highest BCUT2D eigenvalue weighted by Gasteiger charge is 2.15. The minimum Gasteiger partial charge on any atom is -0.229 e. The molecule has 3 nitrogen and oxygen atoms in total. The minimum atomic E-state index is -3.26. The van der Waals surface area contributed by atoms with Crippen LogP contribution in [0.1, 0.15) is 11.1 Å². The highest BCUT2D eigenvalue weighted by atomic mass is 127. The van der Waals surface area contributed by atoms with Gasteiger partial charge in [0.2, 0.25) is 0 Å². The third-order valence-electron chi connectivity index (χ3n) is 1.71. The summed E-state index contributed by atoms with van der Waals surface area (Å²) in [5, 5.41) is 8.73. The van der Waals surface area contributed by atoms with Gasteiger partial charge in [-0.2, -0.15) is 5.26 Å². The van der Waals surface area contributed by atoms with Crippen LogP contribution in [0.3, 0.4) is 0 Å². The van der Waals surface area contributed by atoms with Crippen LogP contribution in [0.5, 0.6) is 0 Å². The number of benzene rings is 1. The molecule has 0 aromatic heterocycles. The van der Waals surface area contributed by atoms with Crippen LogP contribution in [0.2, 0.25) is 0 Å². The first kappa shape index (κ1) is 12.4. The second-order valence-electron chi connectivity index (χ2n) is 3.08. The predicted molar refractivity (Wildman–Crippen MR) is 62.4 cm³/mol. The Morgan fingerprint density at radius 3 is 2.60 bits per heavy atom. The summed E-state index contributed by atoms with van der Waals surface area (Å²) in [6.07, 6.45) is 1.05. The molecule has 0 spiro atoms. The number of hydrogen-bond acceptors (Lipinski definition) is 3. The Kier molecular flexibility index (Phi) is 3.67. The highest BCUT2D eigenvalue weighted by molar-refractivity contribution is 14.1. The maximum Gasteiger partial charge on any atom is 0.154 e. The van der Waals surface area contributed by atoms with E-state index >= 15 is 0 Å². The van der Waals surface area contributed by atoms with Gasteiger partial charge in [0.1, 0.15) is 6.07 Å². The van der Waals surface area contributed by atoms with Crippen LogP contribution in [-0.4, -0.2) is 14.7 Å². The lowest BCUT2D eigenvalue weighted by Crippen LogP contribution is -2.04. The zero-order valence-corrected chi connectivity index (χ0v) is 10.8. The second kappa shape index (κ2) is 4.45. The van der Waals surface area contributed by atoms with Crippen LogP contribution in [0.4, 0.5) is 4.39 Å². The standard InChI is InChI=1S/C9H7FINO2S/c1-15(13,14)5-6-2-3-8(11)9(10)7(6)4-12/h2-3H,5H2,1H3. The first-order valence-electron chi connectivity index (χ1n) is 3.90.